The van der Waals surface area contributed by atoms with E-state index in [0.29, 0.717) is 11.3 Å². The highest BCUT2D eigenvalue weighted by Gasteiger charge is 2.54. The van der Waals surface area contributed by atoms with Crippen LogP contribution >= 0.6 is 34.9 Å². The summed E-state index contributed by atoms with van der Waals surface area (Å²) in [4.78, 5) is 50.0. The minimum absolute atomic E-state index is 0.167. The van der Waals surface area contributed by atoms with E-state index in [4.69, 9.17) is 4.74 Å². The Hall–Kier alpha value is -1.98. The summed E-state index contributed by atoms with van der Waals surface area (Å²) in [5.74, 6) is -2.24. The van der Waals surface area contributed by atoms with Gasteiger partial charge in [-0.2, -0.15) is 0 Å². The molecule has 2 amide bonds. The van der Waals surface area contributed by atoms with Gasteiger partial charge in [-0.15, -0.1) is 34.9 Å². The van der Waals surface area contributed by atoms with E-state index in [1.54, 1.807) is 0 Å². The molecule has 0 radical (unpaired) electrons. The number of nitrogens with zero attached hydrogens (tertiary/aromatic N) is 1. The first-order valence-corrected chi connectivity index (χ1v) is 11.5. The summed E-state index contributed by atoms with van der Waals surface area (Å²) >= 11 is 4.17. The molecular formula is C17H18N2O6S3. The van der Waals surface area contributed by atoms with E-state index >= 15 is 0 Å². The van der Waals surface area contributed by atoms with Crippen molar-refractivity contribution < 1.29 is 29.0 Å². The molecule has 150 valence electrons. The molecule has 2 N–H and O–H groups in total. The molecule has 2 aliphatic rings. The molecule has 8 nitrogen and oxygen atoms in total. The van der Waals surface area contributed by atoms with Crippen molar-refractivity contribution in [3.63, 3.8) is 0 Å². The number of hydrogen-bond donors (Lipinski definition) is 2. The van der Waals surface area contributed by atoms with Crippen LogP contribution in [0.2, 0.25) is 0 Å². The Bertz CT molecular complexity index is 838. The van der Waals surface area contributed by atoms with Crippen LogP contribution in [0.15, 0.2) is 28.8 Å². The molecule has 1 aromatic heterocycles. The van der Waals surface area contributed by atoms with Crippen LogP contribution in [0, 0.1) is 0 Å². The van der Waals surface area contributed by atoms with Gasteiger partial charge in [0.15, 0.2) is 0 Å². The number of thioether (sulfide) groups is 2. The maximum Gasteiger partial charge on any atom is 0.352 e. The Morgan fingerprint density at radius 1 is 1.46 bits per heavy atom. The molecule has 0 aliphatic carbocycles. The number of hydrogen-bond acceptors (Lipinski definition) is 8. The molecule has 0 bridgehead atoms. The number of carbonyl (C=O) groups is 4. The Balaban J connectivity index is 1.74. The molecule has 0 saturated carbocycles. The van der Waals surface area contributed by atoms with Gasteiger partial charge in [-0.25, -0.2) is 4.79 Å². The van der Waals surface area contributed by atoms with E-state index in [1.165, 1.54) is 46.7 Å². The first kappa shape index (κ1) is 20.7. The molecule has 0 spiro atoms. The number of nitrogens with one attached hydrogen (secondary N) is 1. The van der Waals surface area contributed by atoms with Gasteiger partial charge < -0.3 is 15.2 Å². The van der Waals surface area contributed by atoms with Gasteiger partial charge >= 0.3 is 11.9 Å². The van der Waals surface area contributed by atoms with E-state index in [0.717, 1.165) is 4.88 Å². The highest BCUT2D eigenvalue weighted by atomic mass is 32.2. The fourth-order valence-electron chi connectivity index (χ4n) is 3.00. The minimum Gasteiger partial charge on any atom is -0.477 e. The highest BCUT2D eigenvalue weighted by molar-refractivity contribution is 8.00. The zero-order chi connectivity index (χ0) is 20.4. The molecule has 11 heteroatoms. The molecule has 2 unspecified atom stereocenters. The Morgan fingerprint density at radius 2 is 2.21 bits per heavy atom. The van der Waals surface area contributed by atoms with E-state index in [2.05, 4.69) is 5.32 Å². The summed E-state index contributed by atoms with van der Waals surface area (Å²) in [6, 6.07) is 2.94. The number of thiophene rings is 1. The largest absolute Gasteiger partial charge is 0.477 e. The predicted molar refractivity (Wildman–Crippen MR) is 107 cm³/mol. The maximum absolute atomic E-state index is 12.7. The fraction of sp³-hybridized carbons (Fsp3) is 0.412. The predicted octanol–water partition coefficient (Wildman–Crippen LogP) is 1.45. The number of amides is 2. The van der Waals surface area contributed by atoms with Crippen LogP contribution in [0.4, 0.5) is 0 Å². The van der Waals surface area contributed by atoms with Crippen molar-refractivity contribution in [3.05, 3.63) is 33.7 Å². The third kappa shape index (κ3) is 3.91. The molecule has 28 heavy (non-hydrogen) atoms. The lowest BCUT2D eigenvalue weighted by Gasteiger charge is -2.49. The van der Waals surface area contributed by atoms with Crippen molar-refractivity contribution in [2.75, 3.05) is 18.6 Å². The van der Waals surface area contributed by atoms with Gasteiger partial charge in [-0.05, 0) is 17.7 Å². The number of carboxylic acid groups (broad SMARTS) is 1. The second-order valence-corrected chi connectivity index (χ2v) is 9.09. The van der Waals surface area contributed by atoms with Gasteiger partial charge in [-0.1, -0.05) is 6.07 Å². The lowest BCUT2D eigenvalue weighted by molar-refractivity contribution is -0.151. The van der Waals surface area contributed by atoms with Crippen LogP contribution in [0.25, 0.3) is 0 Å². The molecule has 2 aliphatic heterocycles. The second-order valence-electron chi connectivity index (χ2n) is 6.06. The van der Waals surface area contributed by atoms with Crippen molar-refractivity contribution >= 4 is 58.6 Å². The average Bonchev–Trinajstić information content (AvgIpc) is 3.18. The Kier molecular flexibility index (Phi) is 6.36. The van der Waals surface area contributed by atoms with Crippen LogP contribution < -0.4 is 5.32 Å². The lowest BCUT2D eigenvalue weighted by atomic mass is 10.0. The third-order valence-corrected chi connectivity index (χ3v) is 7.64. The van der Waals surface area contributed by atoms with E-state index in [1.807, 2.05) is 23.8 Å². The first-order valence-electron chi connectivity index (χ1n) is 8.25. The minimum atomic E-state index is -1.26. The van der Waals surface area contributed by atoms with Gasteiger partial charge in [-0.3, -0.25) is 19.3 Å². The summed E-state index contributed by atoms with van der Waals surface area (Å²) in [7, 11) is 0. The highest BCUT2D eigenvalue weighted by Crippen LogP contribution is 2.41. The van der Waals surface area contributed by atoms with Gasteiger partial charge in [0.25, 0.3) is 5.91 Å². The fourth-order valence-corrected chi connectivity index (χ4v) is 6.08. The van der Waals surface area contributed by atoms with Crippen molar-refractivity contribution in [3.8, 4) is 0 Å². The summed E-state index contributed by atoms with van der Waals surface area (Å²) in [6.07, 6.45) is 1.82. The van der Waals surface area contributed by atoms with E-state index in [9.17, 15) is 24.3 Å². The molecule has 3 atom stereocenters. The number of aliphatic carboxylic acids is 1. The summed E-state index contributed by atoms with van der Waals surface area (Å²) in [5.41, 5.74) is 0.197. The smallest absolute Gasteiger partial charge is 0.352 e. The molecule has 3 rings (SSSR count). The Morgan fingerprint density at radius 3 is 2.79 bits per heavy atom. The van der Waals surface area contributed by atoms with Crippen molar-refractivity contribution in [2.45, 2.75) is 23.6 Å². The van der Waals surface area contributed by atoms with E-state index in [-0.39, 0.29) is 18.2 Å². The lowest BCUT2D eigenvalue weighted by Crippen LogP contribution is -2.70. The van der Waals surface area contributed by atoms with Crippen molar-refractivity contribution in [1.29, 1.82) is 0 Å². The van der Waals surface area contributed by atoms with Crippen molar-refractivity contribution in [1.82, 2.24) is 10.2 Å². The first-order chi connectivity index (χ1) is 13.3. The molecule has 0 aromatic carbocycles. The van der Waals surface area contributed by atoms with Gasteiger partial charge in [0.2, 0.25) is 5.91 Å². The van der Waals surface area contributed by atoms with Crippen LogP contribution in [0.1, 0.15) is 17.1 Å². The van der Waals surface area contributed by atoms with E-state index < -0.39 is 34.5 Å². The molecule has 3 heterocycles. The van der Waals surface area contributed by atoms with Gasteiger partial charge in [0.05, 0.1) is 0 Å². The van der Waals surface area contributed by atoms with Crippen molar-refractivity contribution in [2.24, 2.45) is 0 Å². The summed E-state index contributed by atoms with van der Waals surface area (Å²) < 4.78 is 4.90. The number of esters is 1. The number of ether oxygens (including phenoxy) is 1. The average molecular weight is 443 g/mol. The summed E-state index contributed by atoms with van der Waals surface area (Å²) in [6.45, 7) is 1.06. The van der Waals surface area contributed by atoms with Crippen LogP contribution in [-0.4, -0.2) is 63.8 Å². The second kappa shape index (κ2) is 8.58. The number of fused-ring (bicyclic) bond motifs is 1. The monoisotopic (exact) mass is 442 g/mol. The normalized spacial score (nSPS) is 22.2. The number of carbonyl (C=O) groups excluding carboxylic acids is 3. The standard InChI is InChI=1S/C17H18N2O6S3/c1-8(20)25-6-9-7-28-16-11(15(22)19(16)12(9)17(23)24)18-14(21)13(26-2)10-4-3-5-27-10/h3-5,11,13,16H,6-7H2,1-2H3,(H,18,21)(H,23,24)/t11?,13?,16-/m1/s1. The molecule has 1 saturated heterocycles. The zero-order valence-electron chi connectivity index (χ0n) is 15.0. The topological polar surface area (TPSA) is 113 Å². The number of carboxylic acids is 1. The summed E-state index contributed by atoms with van der Waals surface area (Å²) in [5, 5.41) is 13.3. The van der Waals surface area contributed by atoms with Gasteiger partial charge in [0, 0.05) is 23.1 Å². The Labute approximate surface area is 173 Å². The zero-order valence-corrected chi connectivity index (χ0v) is 17.5. The van der Waals surface area contributed by atoms with Crippen LogP contribution in [0.3, 0.4) is 0 Å². The third-order valence-electron chi connectivity index (χ3n) is 4.27. The molecule has 1 aromatic rings. The molecule has 1 fully saturated rings. The maximum atomic E-state index is 12.7. The quantitative estimate of drug-likeness (QED) is 0.482. The number of rotatable bonds is 7. The van der Waals surface area contributed by atoms with Crippen LogP contribution in [-0.2, 0) is 23.9 Å². The molecular weight excluding hydrogens is 424 g/mol. The SMILES string of the molecule is CSC(C(=O)NC1C(=O)N2C(C(=O)O)=C(COC(C)=O)CS[C@H]12)c1cccs1. The number of β-lactam (4-membered cyclic amide) rings is 1. The van der Waals surface area contributed by atoms with Gasteiger partial charge in [0.1, 0.15) is 29.0 Å². The van der Waals surface area contributed by atoms with Crippen LogP contribution in [0.5, 0.6) is 0 Å².